The van der Waals surface area contributed by atoms with Gasteiger partial charge in [-0.3, -0.25) is 14.9 Å². The molecule has 1 aliphatic carbocycles. The average Bonchev–Trinajstić information content (AvgIpc) is 3.50. The van der Waals surface area contributed by atoms with Crippen molar-refractivity contribution in [2.24, 2.45) is 5.92 Å². The lowest BCUT2D eigenvalue weighted by atomic mass is 10.2. The van der Waals surface area contributed by atoms with Crippen LogP contribution in [-0.4, -0.2) is 39.5 Å². The third-order valence-corrected chi connectivity index (χ3v) is 4.03. The summed E-state index contributed by atoms with van der Waals surface area (Å²) in [6.45, 7) is -1.51. The summed E-state index contributed by atoms with van der Waals surface area (Å²) >= 11 is 5.86. The van der Waals surface area contributed by atoms with Crippen LogP contribution in [0.5, 0.6) is 5.88 Å². The lowest BCUT2D eigenvalue weighted by Crippen LogP contribution is -2.25. The Morgan fingerprint density at radius 1 is 1.28 bits per heavy atom. The zero-order valence-electron chi connectivity index (χ0n) is 14.8. The smallest absolute Gasteiger partial charge is 0.422 e. The summed E-state index contributed by atoms with van der Waals surface area (Å²) in [6.07, 6.45) is -0.285. The molecule has 29 heavy (non-hydrogen) atoms. The van der Waals surface area contributed by atoms with Gasteiger partial charge in [0.2, 0.25) is 17.7 Å². The van der Waals surface area contributed by atoms with Crippen molar-refractivity contribution in [2.45, 2.75) is 25.6 Å². The van der Waals surface area contributed by atoms with E-state index in [2.05, 4.69) is 30.3 Å². The van der Waals surface area contributed by atoms with Gasteiger partial charge in [0, 0.05) is 24.9 Å². The summed E-state index contributed by atoms with van der Waals surface area (Å²) in [7, 11) is 0. The van der Waals surface area contributed by atoms with E-state index in [9.17, 15) is 22.8 Å². The molecular weight excluding hydrogens is 415 g/mol. The van der Waals surface area contributed by atoms with Crippen molar-refractivity contribution in [3.63, 3.8) is 0 Å². The van der Waals surface area contributed by atoms with Crippen molar-refractivity contribution in [1.82, 2.24) is 20.3 Å². The normalized spacial score (nSPS) is 13.7. The summed E-state index contributed by atoms with van der Waals surface area (Å²) in [5.74, 6) is -1.08. The minimum absolute atomic E-state index is 0.00112. The van der Waals surface area contributed by atoms with Gasteiger partial charge >= 0.3 is 6.18 Å². The van der Waals surface area contributed by atoms with E-state index >= 15 is 0 Å². The van der Waals surface area contributed by atoms with Gasteiger partial charge in [0.1, 0.15) is 10.7 Å². The van der Waals surface area contributed by atoms with E-state index in [-0.39, 0.29) is 40.9 Å². The number of carbonyl (C=O) groups is 2. The molecule has 2 N–H and O–H groups in total. The van der Waals surface area contributed by atoms with Gasteiger partial charge in [-0.25, -0.2) is 15.0 Å². The summed E-state index contributed by atoms with van der Waals surface area (Å²) in [4.78, 5) is 35.6. The van der Waals surface area contributed by atoms with Gasteiger partial charge in [-0.05, 0) is 30.5 Å². The predicted octanol–water partition coefficient (Wildman–Crippen LogP) is 2.74. The number of hydrogen-bond donors (Lipinski definition) is 2. The number of ether oxygens (including phenoxy) is 1. The number of anilines is 1. The number of nitrogens with zero attached hydrogens (tertiary/aromatic N) is 3. The molecule has 0 aliphatic heterocycles. The molecule has 12 heteroatoms. The van der Waals surface area contributed by atoms with Crippen molar-refractivity contribution in [3.8, 4) is 5.88 Å². The Morgan fingerprint density at radius 3 is 2.69 bits per heavy atom. The third-order valence-electron chi connectivity index (χ3n) is 3.76. The highest BCUT2D eigenvalue weighted by molar-refractivity contribution is 6.31. The molecule has 1 fully saturated rings. The number of halogens is 4. The van der Waals surface area contributed by atoms with Gasteiger partial charge in [0.05, 0.1) is 0 Å². The Bertz CT molecular complexity index is 921. The zero-order valence-corrected chi connectivity index (χ0v) is 15.5. The SMILES string of the molecule is O=C(NCc1cnc(OCC(F)(F)F)c(Cl)c1)c1ccnc(NC(=O)C2CC2)n1. The first kappa shape index (κ1) is 20.8. The van der Waals surface area contributed by atoms with Crippen LogP contribution in [0.4, 0.5) is 19.1 Å². The highest BCUT2D eigenvalue weighted by Crippen LogP contribution is 2.29. The molecule has 2 amide bonds. The van der Waals surface area contributed by atoms with Crippen LogP contribution in [0, 0.1) is 5.92 Å². The largest absolute Gasteiger partial charge is 0.467 e. The minimum Gasteiger partial charge on any atom is -0.467 e. The molecule has 0 bridgehead atoms. The molecule has 1 saturated carbocycles. The van der Waals surface area contributed by atoms with E-state index in [4.69, 9.17) is 11.6 Å². The van der Waals surface area contributed by atoms with E-state index in [1.807, 2.05) is 0 Å². The standard InChI is InChI=1S/C17H15ClF3N5O3/c18-11-5-9(7-24-15(11)29-8-17(19,20)21)6-23-14(28)12-3-4-22-16(25-12)26-13(27)10-1-2-10/h3-5,7,10H,1-2,6,8H2,(H,23,28)(H,22,25,26,27). The van der Waals surface area contributed by atoms with E-state index in [0.29, 0.717) is 5.56 Å². The van der Waals surface area contributed by atoms with Crippen LogP contribution < -0.4 is 15.4 Å². The molecule has 2 heterocycles. The Kier molecular flexibility index (Phi) is 6.16. The number of aromatic nitrogens is 3. The maximum Gasteiger partial charge on any atom is 0.422 e. The zero-order chi connectivity index (χ0) is 21.0. The second kappa shape index (κ2) is 8.60. The van der Waals surface area contributed by atoms with Crippen LogP contribution in [0.25, 0.3) is 0 Å². The second-order valence-corrected chi connectivity index (χ2v) is 6.65. The highest BCUT2D eigenvalue weighted by Gasteiger charge is 2.30. The van der Waals surface area contributed by atoms with Crippen LogP contribution in [-0.2, 0) is 11.3 Å². The molecular formula is C17H15ClF3N5O3. The van der Waals surface area contributed by atoms with Gasteiger partial charge in [0.15, 0.2) is 6.61 Å². The molecule has 1 aliphatic rings. The number of pyridine rings is 1. The van der Waals surface area contributed by atoms with Crippen LogP contribution >= 0.6 is 11.6 Å². The van der Waals surface area contributed by atoms with E-state index < -0.39 is 18.7 Å². The second-order valence-electron chi connectivity index (χ2n) is 6.25. The van der Waals surface area contributed by atoms with Crippen LogP contribution in [0.3, 0.4) is 0 Å². The molecule has 0 unspecified atom stereocenters. The molecule has 2 aromatic heterocycles. The van der Waals surface area contributed by atoms with Crippen LogP contribution in [0.1, 0.15) is 28.9 Å². The van der Waals surface area contributed by atoms with Crippen molar-refractivity contribution >= 4 is 29.4 Å². The molecule has 0 spiro atoms. The molecule has 0 saturated heterocycles. The Balaban J connectivity index is 1.56. The number of nitrogens with one attached hydrogen (secondary N) is 2. The van der Waals surface area contributed by atoms with Crippen molar-refractivity contribution in [1.29, 1.82) is 0 Å². The average molecular weight is 430 g/mol. The number of amides is 2. The van der Waals surface area contributed by atoms with Gasteiger partial charge < -0.3 is 10.1 Å². The van der Waals surface area contributed by atoms with E-state index in [1.165, 1.54) is 24.5 Å². The molecule has 3 rings (SSSR count). The molecule has 2 aromatic rings. The van der Waals surface area contributed by atoms with Crippen LogP contribution in [0.15, 0.2) is 24.5 Å². The highest BCUT2D eigenvalue weighted by atomic mass is 35.5. The van der Waals surface area contributed by atoms with Crippen molar-refractivity contribution in [2.75, 3.05) is 11.9 Å². The van der Waals surface area contributed by atoms with E-state index in [1.54, 1.807) is 0 Å². The summed E-state index contributed by atoms with van der Waals surface area (Å²) in [5.41, 5.74) is 0.481. The fourth-order valence-electron chi connectivity index (χ4n) is 2.19. The molecule has 8 nitrogen and oxygen atoms in total. The van der Waals surface area contributed by atoms with Crippen LogP contribution in [0.2, 0.25) is 5.02 Å². The first-order valence-electron chi connectivity index (χ1n) is 8.47. The summed E-state index contributed by atoms with van der Waals surface area (Å²) in [5, 5.41) is 5.00. The van der Waals surface area contributed by atoms with Crippen molar-refractivity contribution in [3.05, 3.63) is 40.8 Å². The Labute approximate surface area is 167 Å². The summed E-state index contributed by atoms with van der Waals surface area (Å²) in [6, 6.07) is 2.71. The maximum atomic E-state index is 12.2. The third kappa shape index (κ3) is 6.28. The number of rotatable bonds is 7. The lowest BCUT2D eigenvalue weighted by molar-refractivity contribution is -0.154. The molecule has 154 valence electrons. The first-order chi connectivity index (χ1) is 13.7. The number of hydrogen-bond acceptors (Lipinski definition) is 6. The molecule has 0 atom stereocenters. The summed E-state index contributed by atoms with van der Waals surface area (Å²) < 4.78 is 41.1. The minimum atomic E-state index is -4.51. The van der Waals surface area contributed by atoms with E-state index in [0.717, 1.165) is 12.8 Å². The number of alkyl halides is 3. The molecule has 0 aromatic carbocycles. The Morgan fingerprint density at radius 2 is 2.03 bits per heavy atom. The van der Waals surface area contributed by atoms with Gasteiger partial charge in [-0.15, -0.1) is 0 Å². The van der Waals surface area contributed by atoms with Gasteiger partial charge in [0.25, 0.3) is 5.91 Å². The Hall–Kier alpha value is -2.95. The predicted molar refractivity (Wildman–Crippen MR) is 95.4 cm³/mol. The quantitative estimate of drug-likeness (QED) is 0.701. The fraction of sp³-hybridized carbons (Fsp3) is 0.353. The topological polar surface area (TPSA) is 106 Å². The van der Waals surface area contributed by atoms with Gasteiger partial charge in [-0.2, -0.15) is 13.2 Å². The number of carbonyl (C=O) groups excluding carboxylic acids is 2. The monoisotopic (exact) mass is 429 g/mol. The lowest BCUT2D eigenvalue weighted by Gasteiger charge is -2.11. The maximum absolute atomic E-state index is 12.2. The first-order valence-corrected chi connectivity index (χ1v) is 8.85. The van der Waals surface area contributed by atoms with Gasteiger partial charge in [-0.1, -0.05) is 11.6 Å². The van der Waals surface area contributed by atoms with Crippen molar-refractivity contribution < 1.29 is 27.5 Å². The fourth-order valence-corrected chi connectivity index (χ4v) is 2.44. The molecule has 0 radical (unpaired) electrons.